The Bertz CT molecular complexity index is 917. The van der Waals surface area contributed by atoms with E-state index in [9.17, 15) is 14.4 Å². The van der Waals surface area contributed by atoms with Crippen molar-refractivity contribution in [1.82, 2.24) is 5.01 Å². The van der Waals surface area contributed by atoms with Crippen LogP contribution in [0.4, 0.5) is 20.1 Å². The van der Waals surface area contributed by atoms with E-state index in [1.165, 1.54) is 0 Å². The lowest BCUT2D eigenvalue weighted by atomic mass is 10.2. The van der Waals surface area contributed by atoms with Crippen molar-refractivity contribution in [3.05, 3.63) is 66.2 Å². The second-order valence-corrected chi connectivity index (χ2v) is 8.96. The van der Waals surface area contributed by atoms with Gasteiger partial charge in [-0.05, 0) is 59.2 Å². The lowest BCUT2D eigenvalue weighted by molar-refractivity contribution is 0.00993. The predicted octanol–water partition coefficient (Wildman–Crippen LogP) is 5.92. The summed E-state index contributed by atoms with van der Waals surface area (Å²) in [6.07, 6.45) is -3.10. The quantitative estimate of drug-likeness (QED) is 0.433. The van der Waals surface area contributed by atoms with Crippen LogP contribution in [0.15, 0.2) is 60.7 Å². The molecule has 8 nitrogen and oxygen atoms in total. The maximum absolute atomic E-state index is 13.1. The first-order valence-electron chi connectivity index (χ1n) is 10.2. The van der Waals surface area contributed by atoms with Crippen molar-refractivity contribution in [2.75, 3.05) is 5.01 Å². The summed E-state index contributed by atoms with van der Waals surface area (Å²) in [6, 6.07) is 17.2. The first-order chi connectivity index (χ1) is 14.9. The number of nitrogens with zero attached hydrogens (tertiary/aromatic N) is 2. The van der Waals surface area contributed by atoms with E-state index in [0.717, 1.165) is 5.01 Å². The number of anilines is 1. The monoisotopic (exact) mass is 442 g/mol. The number of carbonyl (C=O) groups is 3. The van der Waals surface area contributed by atoms with Gasteiger partial charge in [-0.15, -0.1) is 5.01 Å². The van der Waals surface area contributed by atoms with Crippen LogP contribution in [0.2, 0.25) is 0 Å². The lowest BCUT2D eigenvalue weighted by Gasteiger charge is -2.34. The molecule has 2 rings (SSSR count). The van der Waals surface area contributed by atoms with Crippen molar-refractivity contribution >= 4 is 24.0 Å². The SMILES string of the molecule is CC(C)(C)OC(=O)N(C(=O)OCc1ccccc1)N(C(=O)OC(C)(C)C)c1ccccc1. The van der Waals surface area contributed by atoms with Crippen LogP contribution in [0.25, 0.3) is 0 Å². The smallest absolute Gasteiger partial charge is 0.440 e. The highest BCUT2D eigenvalue weighted by molar-refractivity contribution is 5.99. The zero-order valence-corrected chi connectivity index (χ0v) is 19.3. The summed E-state index contributed by atoms with van der Waals surface area (Å²) in [5.74, 6) is 0. The fourth-order valence-electron chi connectivity index (χ4n) is 2.50. The molecule has 3 amide bonds. The Kier molecular flexibility index (Phi) is 7.86. The van der Waals surface area contributed by atoms with Gasteiger partial charge in [0.2, 0.25) is 0 Å². The largest absolute Gasteiger partial charge is 0.443 e. The molecule has 0 aliphatic carbocycles. The molecule has 172 valence electrons. The van der Waals surface area contributed by atoms with Gasteiger partial charge in [0, 0.05) is 0 Å². The van der Waals surface area contributed by atoms with E-state index in [4.69, 9.17) is 14.2 Å². The van der Waals surface area contributed by atoms with Crippen molar-refractivity contribution in [3.8, 4) is 0 Å². The molecule has 0 fully saturated rings. The summed E-state index contributed by atoms with van der Waals surface area (Å²) < 4.78 is 16.2. The average Bonchev–Trinajstić information content (AvgIpc) is 2.68. The standard InChI is InChI=1S/C24H30N2O6/c1-23(2,3)31-21(28)25(19-15-11-8-12-16-19)26(22(29)32-24(4,5)6)20(27)30-17-18-13-9-7-10-14-18/h7-16H,17H2,1-6H3. The molecule has 0 aromatic heterocycles. The van der Waals surface area contributed by atoms with Crippen molar-refractivity contribution < 1.29 is 28.6 Å². The van der Waals surface area contributed by atoms with E-state index in [1.807, 2.05) is 6.07 Å². The lowest BCUT2D eigenvalue weighted by Crippen LogP contribution is -2.55. The second-order valence-electron chi connectivity index (χ2n) is 8.96. The molecule has 0 saturated carbocycles. The highest BCUT2D eigenvalue weighted by Crippen LogP contribution is 2.23. The molecule has 8 heteroatoms. The van der Waals surface area contributed by atoms with Gasteiger partial charge in [-0.25, -0.2) is 14.4 Å². The first-order valence-corrected chi connectivity index (χ1v) is 10.2. The van der Waals surface area contributed by atoms with E-state index in [2.05, 4.69) is 0 Å². The molecule has 0 saturated heterocycles. The molecule has 0 atom stereocenters. The second kappa shape index (κ2) is 10.2. The van der Waals surface area contributed by atoms with Crippen LogP contribution >= 0.6 is 0 Å². The maximum atomic E-state index is 13.1. The summed E-state index contributed by atoms with van der Waals surface area (Å²) in [7, 11) is 0. The minimum Gasteiger partial charge on any atom is -0.443 e. The number of amides is 3. The van der Waals surface area contributed by atoms with Crippen molar-refractivity contribution in [3.63, 3.8) is 0 Å². The molecule has 0 N–H and O–H groups in total. The van der Waals surface area contributed by atoms with Crippen LogP contribution in [0.5, 0.6) is 0 Å². The number of imide groups is 1. The highest BCUT2D eigenvalue weighted by Gasteiger charge is 2.39. The Labute approximate surface area is 188 Å². The molecular weight excluding hydrogens is 412 g/mol. The Morgan fingerprint density at radius 1 is 0.688 bits per heavy atom. The summed E-state index contributed by atoms with van der Waals surface area (Å²) in [5, 5.41) is 1.32. The zero-order valence-electron chi connectivity index (χ0n) is 19.3. The third-order valence-electron chi connectivity index (χ3n) is 3.71. The molecule has 0 aliphatic heterocycles. The minimum atomic E-state index is -1.09. The number of rotatable bonds is 3. The van der Waals surface area contributed by atoms with E-state index >= 15 is 0 Å². The zero-order chi connectivity index (χ0) is 23.9. The van der Waals surface area contributed by atoms with E-state index in [1.54, 1.807) is 96.1 Å². The third-order valence-corrected chi connectivity index (χ3v) is 3.71. The van der Waals surface area contributed by atoms with Gasteiger partial charge < -0.3 is 14.2 Å². The van der Waals surface area contributed by atoms with Gasteiger partial charge in [0.05, 0.1) is 5.69 Å². The maximum Gasteiger partial charge on any atom is 0.440 e. The van der Waals surface area contributed by atoms with Crippen LogP contribution in [-0.2, 0) is 20.8 Å². The van der Waals surface area contributed by atoms with Gasteiger partial charge in [-0.1, -0.05) is 48.5 Å². The number of hydrogen-bond acceptors (Lipinski definition) is 6. The van der Waals surface area contributed by atoms with E-state index in [-0.39, 0.29) is 12.3 Å². The van der Waals surface area contributed by atoms with Crippen molar-refractivity contribution in [2.45, 2.75) is 59.4 Å². The molecule has 0 radical (unpaired) electrons. The molecular formula is C24H30N2O6. The van der Waals surface area contributed by atoms with Crippen LogP contribution in [-0.4, -0.2) is 34.5 Å². The molecule has 0 bridgehead atoms. The van der Waals surface area contributed by atoms with Gasteiger partial charge in [0.25, 0.3) is 0 Å². The number of para-hydroxylation sites is 1. The van der Waals surface area contributed by atoms with E-state index in [0.29, 0.717) is 10.6 Å². The van der Waals surface area contributed by atoms with Crippen molar-refractivity contribution in [2.24, 2.45) is 0 Å². The molecule has 2 aromatic carbocycles. The van der Waals surface area contributed by atoms with Gasteiger partial charge in [0.1, 0.15) is 17.8 Å². The Balaban J connectivity index is 2.44. The summed E-state index contributed by atoms with van der Waals surface area (Å²) >= 11 is 0. The molecule has 32 heavy (non-hydrogen) atoms. The number of ether oxygens (including phenoxy) is 3. The minimum absolute atomic E-state index is 0.101. The molecule has 0 aliphatic rings. The number of benzene rings is 2. The van der Waals surface area contributed by atoms with Gasteiger partial charge in [0.15, 0.2) is 0 Å². The van der Waals surface area contributed by atoms with Crippen LogP contribution in [0.1, 0.15) is 47.1 Å². The fourth-order valence-corrected chi connectivity index (χ4v) is 2.50. The summed E-state index contributed by atoms with van der Waals surface area (Å²) in [5.41, 5.74) is -0.860. The Morgan fingerprint density at radius 3 is 1.66 bits per heavy atom. The summed E-state index contributed by atoms with van der Waals surface area (Å²) in [4.78, 5) is 39.2. The Hall–Kier alpha value is -3.55. The number of hydrazine groups is 1. The molecule has 0 spiro atoms. The number of hydrogen-bond donors (Lipinski definition) is 0. The van der Waals surface area contributed by atoms with Crippen LogP contribution in [0, 0.1) is 0 Å². The first kappa shape index (κ1) is 24.7. The normalized spacial score (nSPS) is 11.3. The predicted molar refractivity (Wildman–Crippen MR) is 120 cm³/mol. The third kappa shape index (κ3) is 7.61. The fraction of sp³-hybridized carbons (Fsp3) is 0.375. The van der Waals surface area contributed by atoms with Crippen LogP contribution < -0.4 is 5.01 Å². The molecule has 2 aromatic rings. The number of carbonyl (C=O) groups excluding carboxylic acids is 3. The topological polar surface area (TPSA) is 85.4 Å². The van der Waals surface area contributed by atoms with Gasteiger partial charge in [-0.2, -0.15) is 5.01 Å². The van der Waals surface area contributed by atoms with E-state index < -0.39 is 29.5 Å². The van der Waals surface area contributed by atoms with Gasteiger partial charge >= 0.3 is 18.3 Å². The molecule has 0 heterocycles. The molecule has 0 unspecified atom stereocenters. The average molecular weight is 443 g/mol. The highest BCUT2D eigenvalue weighted by atomic mass is 16.6. The summed E-state index contributed by atoms with van der Waals surface area (Å²) in [6.45, 7) is 9.89. The van der Waals surface area contributed by atoms with Crippen LogP contribution in [0.3, 0.4) is 0 Å². The van der Waals surface area contributed by atoms with Crippen molar-refractivity contribution in [1.29, 1.82) is 0 Å². The Morgan fingerprint density at radius 2 is 1.16 bits per heavy atom. The van der Waals surface area contributed by atoms with Gasteiger partial charge in [-0.3, -0.25) is 0 Å².